The maximum atomic E-state index is 10.4. The van der Waals surface area contributed by atoms with Crippen molar-refractivity contribution < 1.29 is 7.84 Å². The molecule has 1 aromatic rings. The molecular formula is C7H7AsClO2. The Hall–Kier alpha value is -0.172. The number of hydrogen-bond acceptors (Lipinski definition) is 1. The van der Waals surface area contributed by atoms with Crippen molar-refractivity contribution >= 4 is 26.5 Å². The Labute approximate surface area is 74.6 Å². The zero-order valence-electron chi connectivity index (χ0n) is 5.70. The van der Waals surface area contributed by atoms with Crippen molar-refractivity contribution in [2.24, 2.45) is 0 Å². The first-order valence-corrected chi connectivity index (χ1v) is 6.37. The minimum absolute atomic E-state index is 0.282. The molecule has 2 nitrogen and oxygen atoms in total. The van der Waals surface area contributed by atoms with Crippen LogP contribution in [0.25, 0.3) is 0 Å². The van der Waals surface area contributed by atoms with E-state index in [9.17, 15) is 3.74 Å². The molecule has 1 rings (SSSR count). The van der Waals surface area contributed by atoms with Crippen LogP contribution in [0.5, 0.6) is 0 Å². The molecule has 0 amide bonds. The predicted molar refractivity (Wildman–Crippen MR) is 43.8 cm³/mol. The average molecular weight is 234 g/mol. The van der Waals surface area contributed by atoms with Crippen LogP contribution in [0.2, 0.25) is 5.02 Å². The van der Waals surface area contributed by atoms with Gasteiger partial charge in [-0.1, -0.05) is 0 Å². The first-order valence-electron chi connectivity index (χ1n) is 3.06. The SMILES string of the molecule is O=[As](O)Cc1ccc(Cl)cc1. The Balaban J connectivity index is 2.74. The molecule has 0 bridgehead atoms. The quantitative estimate of drug-likeness (QED) is 0.783. The summed E-state index contributed by atoms with van der Waals surface area (Å²) in [7, 11) is 0. The van der Waals surface area contributed by atoms with Gasteiger partial charge >= 0.3 is 74.4 Å². The molecule has 0 saturated heterocycles. The summed E-state index contributed by atoms with van der Waals surface area (Å²) < 4.78 is 19.1. The van der Waals surface area contributed by atoms with E-state index >= 15 is 0 Å². The van der Waals surface area contributed by atoms with Crippen LogP contribution in [0.1, 0.15) is 5.56 Å². The number of benzene rings is 1. The molecule has 0 aromatic heterocycles. The van der Waals surface area contributed by atoms with Crippen LogP contribution in [0.4, 0.5) is 0 Å². The van der Waals surface area contributed by atoms with E-state index in [1.54, 1.807) is 24.3 Å². The van der Waals surface area contributed by atoms with E-state index in [0.717, 1.165) is 5.56 Å². The van der Waals surface area contributed by atoms with Crippen molar-refractivity contribution in [2.45, 2.75) is 5.21 Å². The second kappa shape index (κ2) is 4.01. The summed E-state index contributed by atoms with van der Waals surface area (Å²) in [6.45, 7) is 0. The monoisotopic (exact) mass is 233 g/mol. The van der Waals surface area contributed by atoms with E-state index < -0.39 is 14.9 Å². The second-order valence-electron chi connectivity index (χ2n) is 2.14. The fourth-order valence-electron chi connectivity index (χ4n) is 0.746. The van der Waals surface area contributed by atoms with Gasteiger partial charge in [0.1, 0.15) is 0 Å². The van der Waals surface area contributed by atoms with E-state index in [4.69, 9.17) is 15.7 Å². The molecular weight excluding hydrogens is 226 g/mol. The third-order valence-corrected chi connectivity index (χ3v) is 2.82. The van der Waals surface area contributed by atoms with Gasteiger partial charge < -0.3 is 0 Å². The summed E-state index contributed by atoms with van der Waals surface area (Å²) in [5, 5.41) is 0.932. The Bertz CT molecular complexity index is 258. The molecule has 1 radical (unpaired) electrons. The Kier molecular flexibility index (Phi) is 3.25. The molecule has 59 valence electrons. The van der Waals surface area contributed by atoms with Gasteiger partial charge in [0.05, 0.1) is 0 Å². The van der Waals surface area contributed by atoms with E-state index in [1.165, 1.54) is 0 Å². The Morgan fingerprint density at radius 1 is 1.36 bits per heavy atom. The molecule has 4 heteroatoms. The molecule has 1 atom stereocenters. The molecule has 0 spiro atoms. The van der Waals surface area contributed by atoms with E-state index in [-0.39, 0.29) is 5.21 Å². The second-order valence-corrected chi connectivity index (χ2v) is 4.71. The van der Waals surface area contributed by atoms with Crippen LogP contribution in [0.15, 0.2) is 24.3 Å². The van der Waals surface area contributed by atoms with E-state index in [0.29, 0.717) is 5.02 Å². The molecule has 0 saturated carbocycles. The van der Waals surface area contributed by atoms with E-state index in [1.807, 2.05) is 0 Å². The van der Waals surface area contributed by atoms with Gasteiger partial charge in [-0.15, -0.1) is 0 Å². The van der Waals surface area contributed by atoms with E-state index in [2.05, 4.69) is 0 Å². The first-order chi connectivity index (χ1) is 5.18. The summed E-state index contributed by atoms with van der Waals surface area (Å²) in [6.07, 6.45) is 0. The predicted octanol–water partition coefficient (Wildman–Crippen LogP) is 1.33. The van der Waals surface area contributed by atoms with Gasteiger partial charge in [0.15, 0.2) is 0 Å². The van der Waals surface area contributed by atoms with Crippen molar-refractivity contribution in [1.29, 1.82) is 0 Å². The van der Waals surface area contributed by atoms with Crippen LogP contribution in [-0.4, -0.2) is 19.0 Å². The molecule has 1 unspecified atom stereocenters. The minimum atomic E-state index is -2.76. The van der Waals surface area contributed by atoms with Crippen LogP contribution in [-0.2, 0) is 8.95 Å². The number of halogens is 1. The van der Waals surface area contributed by atoms with Gasteiger partial charge in [0.2, 0.25) is 0 Å². The average Bonchev–Trinajstić information content (AvgIpc) is 1.93. The number of rotatable bonds is 2. The molecule has 1 N–H and O–H groups in total. The van der Waals surface area contributed by atoms with Gasteiger partial charge in [-0.25, -0.2) is 0 Å². The topological polar surface area (TPSA) is 37.3 Å². The van der Waals surface area contributed by atoms with Gasteiger partial charge in [-0.3, -0.25) is 0 Å². The van der Waals surface area contributed by atoms with Crippen molar-refractivity contribution in [3.05, 3.63) is 34.9 Å². The molecule has 1 aromatic carbocycles. The van der Waals surface area contributed by atoms with Crippen LogP contribution < -0.4 is 0 Å². The van der Waals surface area contributed by atoms with Gasteiger partial charge in [-0.05, 0) is 0 Å². The van der Waals surface area contributed by atoms with Crippen molar-refractivity contribution in [1.82, 2.24) is 0 Å². The van der Waals surface area contributed by atoms with Crippen molar-refractivity contribution in [3.8, 4) is 0 Å². The third kappa shape index (κ3) is 3.15. The molecule has 0 heterocycles. The molecule has 0 aliphatic carbocycles. The Morgan fingerprint density at radius 2 is 1.91 bits per heavy atom. The number of hydrogen-bond donors (Lipinski definition) is 1. The van der Waals surface area contributed by atoms with Gasteiger partial charge in [-0.2, -0.15) is 0 Å². The summed E-state index contributed by atoms with van der Waals surface area (Å²) >= 11 is 2.85. The molecule has 11 heavy (non-hydrogen) atoms. The fraction of sp³-hybridized carbons (Fsp3) is 0.143. The van der Waals surface area contributed by atoms with Gasteiger partial charge in [0, 0.05) is 0 Å². The zero-order valence-corrected chi connectivity index (χ0v) is 8.33. The molecule has 0 fully saturated rings. The molecule has 0 aliphatic rings. The zero-order chi connectivity index (χ0) is 8.27. The van der Waals surface area contributed by atoms with Crippen molar-refractivity contribution in [3.63, 3.8) is 0 Å². The normalized spacial score (nSPS) is 11.3. The summed E-state index contributed by atoms with van der Waals surface area (Å²) in [6, 6.07) is 6.96. The summed E-state index contributed by atoms with van der Waals surface area (Å²) in [5.74, 6) is 0. The van der Waals surface area contributed by atoms with Crippen LogP contribution in [0.3, 0.4) is 0 Å². The standard InChI is InChI=1S/C7H7AsClO2/c9-7-3-1-6(2-4-7)5-8(10)11/h1-4H,5H2,(H,10,11). The molecule has 0 aliphatic heterocycles. The fourth-order valence-corrected chi connectivity index (χ4v) is 1.97. The summed E-state index contributed by atoms with van der Waals surface area (Å²) in [5.41, 5.74) is 0.868. The Morgan fingerprint density at radius 3 is 2.36 bits per heavy atom. The van der Waals surface area contributed by atoms with Crippen LogP contribution in [0, 0.1) is 0 Å². The van der Waals surface area contributed by atoms with Gasteiger partial charge in [0.25, 0.3) is 0 Å². The van der Waals surface area contributed by atoms with Crippen LogP contribution >= 0.6 is 11.6 Å². The first kappa shape index (κ1) is 8.92. The maximum absolute atomic E-state index is 10.4. The summed E-state index contributed by atoms with van der Waals surface area (Å²) in [4.78, 5) is 0. The third-order valence-electron chi connectivity index (χ3n) is 1.23. The van der Waals surface area contributed by atoms with Crippen molar-refractivity contribution in [2.75, 3.05) is 0 Å².